The molecule has 2 N–H and O–H groups in total. The van der Waals surface area contributed by atoms with E-state index in [2.05, 4.69) is 4.99 Å². The Morgan fingerprint density at radius 1 is 1.19 bits per heavy atom. The molecule has 0 aliphatic carbocycles. The second-order valence-corrected chi connectivity index (χ2v) is 5.02. The molecule has 5 heteroatoms. The Bertz CT molecular complexity index is 319. The van der Waals surface area contributed by atoms with E-state index in [1.54, 1.807) is 7.05 Å². The molecule has 0 aromatic rings. The molecule has 0 spiro atoms. The predicted molar refractivity (Wildman–Crippen MR) is 67.4 cm³/mol. The molecule has 1 aliphatic rings. The topological polar surface area (TPSA) is 56.8 Å². The summed E-state index contributed by atoms with van der Waals surface area (Å²) in [7, 11) is 1.29. The summed E-state index contributed by atoms with van der Waals surface area (Å²) in [4.78, 5) is 4.11. The minimum Gasteiger partial charge on any atom is -0.405 e. The molecule has 0 aromatic carbocycles. The molecular weight excluding hydrogens is 203 g/mol. The van der Waals surface area contributed by atoms with E-state index < -0.39 is 7.12 Å². The van der Waals surface area contributed by atoms with Crippen LogP contribution < -0.4 is 5.73 Å². The van der Waals surface area contributed by atoms with E-state index in [0.717, 1.165) is 11.2 Å². The number of rotatable bonds is 2. The summed E-state index contributed by atoms with van der Waals surface area (Å²) in [5.41, 5.74) is 6.54. The van der Waals surface area contributed by atoms with Crippen LogP contribution in [0, 0.1) is 0 Å². The van der Waals surface area contributed by atoms with Gasteiger partial charge in [0.2, 0.25) is 0 Å². The molecule has 16 heavy (non-hydrogen) atoms. The van der Waals surface area contributed by atoms with Gasteiger partial charge in [-0.2, -0.15) is 0 Å². The predicted octanol–water partition coefficient (Wildman–Crippen LogP) is 1.55. The molecule has 0 aromatic heterocycles. The molecule has 0 radical (unpaired) electrons. The van der Waals surface area contributed by atoms with Gasteiger partial charge in [0.1, 0.15) is 0 Å². The maximum atomic E-state index is 5.89. The van der Waals surface area contributed by atoms with Gasteiger partial charge in [0.05, 0.1) is 11.2 Å². The Labute approximate surface area is 98.0 Å². The molecule has 1 aliphatic heterocycles. The maximum absolute atomic E-state index is 5.89. The van der Waals surface area contributed by atoms with Crippen molar-refractivity contribution in [2.75, 3.05) is 7.05 Å². The highest BCUT2D eigenvalue weighted by Crippen LogP contribution is 2.38. The highest BCUT2D eigenvalue weighted by Gasteiger charge is 2.52. The second-order valence-electron chi connectivity index (χ2n) is 5.02. The standard InChI is InChI=1S/C11H21BN2O2/c1-8(14-6)9(7-13)12-15-10(2,3)11(4,5)16-12/h7H,13H2,1-6H3. The first-order chi connectivity index (χ1) is 7.25. The zero-order valence-electron chi connectivity index (χ0n) is 11.0. The van der Waals surface area contributed by atoms with E-state index in [-0.39, 0.29) is 11.2 Å². The van der Waals surface area contributed by atoms with Crippen molar-refractivity contribution in [2.24, 2.45) is 10.7 Å². The lowest BCUT2D eigenvalue weighted by Gasteiger charge is -2.32. The smallest absolute Gasteiger partial charge is 0.405 e. The minimum absolute atomic E-state index is 0.347. The van der Waals surface area contributed by atoms with Crippen LogP contribution in [0.25, 0.3) is 0 Å². The molecule has 90 valence electrons. The van der Waals surface area contributed by atoms with Crippen LogP contribution in [-0.2, 0) is 9.31 Å². The van der Waals surface area contributed by atoms with Gasteiger partial charge in [-0.15, -0.1) is 0 Å². The van der Waals surface area contributed by atoms with Gasteiger partial charge in [0, 0.05) is 18.2 Å². The SMILES string of the molecule is CN=C(C)C(=CN)B1OC(C)(C)C(C)(C)O1. The van der Waals surface area contributed by atoms with Gasteiger partial charge >= 0.3 is 7.12 Å². The van der Waals surface area contributed by atoms with Crippen LogP contribution in [0.1, 0.15) is 34.6 Å². The van der Waals surface area contributed by atoms with Crippen molar-refractivity contribution >= 4 is 12.8 Å². The first-order valence-corrected chi connectivity index (χ1v) is 5.46. The van der Waals surface area contributed by atoms with Crippen molar-refractivity contribution in [2.45, 2.75) is 45.8 Å². The quantitative estimate of drug-likeness (QED) is 0.571. The van der Waals surface area contributed by atoms with Crippen molar-refractivity contribution in [1.82, 2.24) is 0 Å². The van der Waals surface area contributed by atoms with Crippen molar-refractivity contribution < 1.29 is 9.31 Å². The van der Waals surface area contributed by atoms with Crippen molar-refractivity contribution in [3.8, 4) is 0 Å². The fraction of sp³-hybridized carbons (Fsp3) is 0.727. The summed E-state index contributed by atoms with van der Waals surface area (Å²) in [6, 6.07) is 0. The molecule has 0 atom stereocenters. The monoisotopic (exact) mass is 224 g/mol. The normalized spacial score (nSPS) is 25.0. The van der Waals surface area contributed by atoms with Gasteiger partial charge in [0.25, 0.3) is 0 Å². The zero-order valence-corrected chi connectivity index (χ0v) is 11.0. The van der Waals surface area contributed by atoms with Crippen LogP contribution in [0.15, 0.2) is 16.7 Å². The van der Waals surface area contributed by atoms with Gasteiger partial charge in [-0.3, -0.25) is 4.99 Å². The summed E-state index contributed by atoms with van der Waals surface area (Å²) in [6.07, 6.45) is 1.50. The maximum Gasteiger partial charge on any atom is 0.498 e. The fourth-order valence-corrected chi connectivity index (χ4v) is 1.47. The number of nitrogens with two attached hydrogens (primary N) is 1. The molecule has 0 saturated carbocycles. The van der Waals surface area contributed by atoms with E-state index >= 15 is 0 Å². The Hall–Kier alpha value is -0.805. The van der Waals surface area contributed by atoms with E-state index in [1.807, 2.05) is 34.6 Å². The van der Waals surface area contributed by atoms with Gasteiger partial charge in [-0.25, -0.2) is 0 Å². The third kappa shape index (κ3) is 2.15. The van der Waals surface area contributed by atoms with Crippen LogP contribution in [0.3, 0.4) is 0 Å². The summed E-state index contributed by atoms with van der Waals surface area (Å²) in [5.74, 6) is 0. The highest BCUT2D eigenvalue weighted by molar-refractivity contribution is 6.62. The van der Waals surface area contributed by atoms with Crippen LogP contribution >= 0.6 is 0 Å². The molecule has 0 unspecified atom stereocenters. The van der Waals surface area contributed by atoms with Crippen molar-refractivity contribution in [3.63, 3.8) is 0 Å². The summed E-state index contributed by atoms with van der Waals surface area (Å²) < 4.78 is 11.8. The molecule has 0 amide bonds. The third-order valence-electron chi connectivity index (χ3n) is 3.44. The summed E-state index contributed by atoms with van der Waals surface area (Å²) in [5, 5.41) is 0. The van der Waals surface area contributed by atoms with E-state index in [4.69, 9.17) is 15.0 Å². The number of nitrogens with zero attached hydrogens (tertiary/aromatic N) is 1. The van der Waals surface area contributed by atoms with Crippen LogP contribution in [0.4, 0.5) is 0 Å². The van der Waals surface area contributed by atoms with Gasteiger partial charge in [0.15, 0.2) is 0 Å². The van der Waals surface area contributed by atoms with E-state index in [9.17, 15) is 0 Å². The molecule has 4 nitrogen and oxygen atoms in total. The second kappa shape index (κ2) is 4.22. The van der Waals surface area contributed by atoms with Crippen molar-refractivity contribution in [1.29, 1.82) is 0 Å². The Balaban J connectivity index is 2.96. The first kappa shape index (κ1) is 13.3. The highest BCUT2D eigenvalue weighted by atomic mass is 16.7. The number of aliphatic imine (C=N–C) groups is 1. The van der Waals surface area contributed by atoms with Crippen molar-refractivity contribution in [3.05, 3.63) is 11.7 Å². The molecule has 1 heterocycles. The third-order valence-corrected chi connectivity index (χ3v) is 3.44. The van der Waals surface area contributed by atoms with Gasteiger partial charge in [-0.05, 0) is 40.8 Å². The largest absolute Gasteiger partial charge is 0.498 e. The first-order valence-electron chi connectivity index (χ1n) is 5.46. The molecular formula is C11H21BN2O2. The van der Waals surface area contributed by atoms with Crippen LogP contribution in [0.5, 0.6) is 0 Å². The number of hydrogen-bond donors (Lipinski definition) is 1. The zero-order chi connectivity index (χ0) is 12.6. The Kier molecular flexibility index (Phi) is 3.50. The molecule has 0 bridgehead atoms. The molecule has 1 saturated heterocycles. The molecule has 1 fully saturated rings. The molecule has 1 rings (SSSR count). The van der Waals surface area contributed by atoms with Gasteiger partial charge < -0.3 is 15.0 Å². The summed E-state index contributed by atoms with van der Waals surface area (Å²) >= 11 is 0. The lowest BCUT2D eigenvalue weighted by Crippen LogP contribution is -2.41. The average Bonchev–Trinajstić information content (AvgIpc) is 2.36. The van der Waals surface area contributed by atoms with E-state index in [0.29, 0.717) is 0 Å². The Morgan fingerprint density at radius 3 is 1.94 bits per heavy atom. The lowest BCUT2D eigenvalue weighted by atomic mass is 9.76. The van der Waals surface area contributed by atoms with E-state index in [1.165, 1.54) is 6.20 Å². The average molecular weight is 224 g/mol. The number of allylic oxidation sites excluding steroid dienone is 1. The van der Waals surface area contributed by atoms with Gasteiger partial charge in [-0.1, -0.05) is 0 Å². The fourth-order valence-electron chi connectivity index (χ4n) is 1.47. The Morgan fingerprint density at radius 2 is 1.62 bits per heavy atom. The minimum atomic E-state index is -0.432. The van der Waals surface area contributed by atoms with Crippen LogP contribution in [0.2, 0.25) is 0 Å². The lowest BCUT2D eigenvalue weighted by molar-refractivity contribution is 0.00578. The number of hydrogen-bond acceptors (Lipinski definition) is 4. The summed E-state index contributed by atoms with van der Waals surface area (Å²) in [6.45, 7) is 9.95. The van der Waals surface area contributed by atoms with Crippen LogP contribution in [-0.4, -0.2) is 31.1 Å².